The molecule has 0 aliphatic rings. The highest BCUT2D eigenvalue weighted by Crippen LogP contribution is 2.28. The number of carbonyl (C=O) groups is 2. The van der Waals surface area contributed by atoms with Crippen molar-refractivity contribution >= 4 is 28.8 Å². The van der Waals surface area contributed by atoms with E-state index in [0.29, 0.717) is 40.8 Å². The van der Waals surface area contributed by atoms with Gasteiger partial charge in [-0.05, 0) is 51.1 Å². The van der Waals surface area contributed by atoms with E-state index in [1.165, 1.54) is 11.3 Å². The molecule has 7 heteroatoms. The third-order valence-electron chi connectivity index (χ3n) is 4.16. The second-order valence-corrected chi connectivity index (χ2v) is 7.12. The van der Waals surface area contributed by atoms with Crippen molar-refractivity contribution < 1.29 is 14.0 Å². The Kier molecular flexibility index (Phi) is 5.71. The SMILES string of the molecule is CCN(CC)C(=O)c1cccc(NC(=O)c2nc(-c3ccco3)sc2C)c1. The number of thiazole rings is 1. The minimum atomic E-state index is -0.311. The molecule has 1 N–H and O–H groups in total. The molecule has 2 amide bonds. The number of nitrogens with zero attached hydrogens (tertiary/aromatic N) is 2. The maximum Gasteiger partial charge on any atom is 0.275 e. The lowest BCUT2D eigenvalue weighted by Crippen LogP contribution is -2.30. The van der Waals surface area contributed by atoms with Crippen LogP contribution in [0.5, 0.6) is 0 Å². The molecule has 0 bridgehead atoms. The standard InChI is InChI=1S/C20H21N3O3S/c1-4-23(5-2)20(25)14-8-6-9-15(12-14)21-18(24)17-13(3)27-19(22-17)16-10-7-11-26-16/h6-12H,4-5H2,1-3H3,(H,21,24). The first-order chi connectivity index (χ1) is 13.0. The summed E-state index contributed by atoms with van der Waals surface area (Å²) in [5.41, 5.74) is 1.46. The van der Waals surface area contributed by atoms with Crippen molar-refractivity contribution in [1.82, 2.24) is 9.88 Å². The Morgan fingerprint density at radius 1 is 1.19 bits per heavy atom. The Bertz CT molecular complexity index is 943. The molecule has 1 aromatic carbocycles. The zero-order chi connectivity index (χ0) is 19.4. The lowest BCUT2D eigenvalue weighted by molar-refractivity contribution is 0.0772. The fourth-order valence-electron chi connectivity index (χ4n) is 2.73. The molecule has 27 heavy (non-hydrogen) atoms. The minimum absolute atomic E-state index is 0.0546. The molecule has 2 aromatic heterocycles. The molecule has 0 atom stereocenters. The van der Waals surface area contributed by atoms with Gasteiger partial charge in [-0.25, -0.2) is 4.98 Å². The zero-order valence-electron chi connectivity index (χ0n) is 15.5. The second-order valence-electron chi connectivity index (χ2n) is 5.91. The van der Waals surface area contributed by atoms with Gasteiger partial charge in [-0.1, -0.05) is 6.07 Å². The molecule has 0 aliphatic carbocycles. The van der Waals surface area contributed by atoms with E-state index in [1.54, 1.807) is 41.5 Å². The van der Waals surface area contributed by atoms with Gasteiger partial charge in [0, 0.05) is 29.2 Å². The molecule has 0 radical (unpaired) electrons. The molecule has 0 unspecified atom stereocenters. The van der Waals surface area contributed by atoms with Crippen molar-refractivity contribution in [2.75, 3.05) is 18.4 Å². The van der Waals surface area contributed by atoms with E-state index in [4.69, 9.17) is 4.42 Å². The number of hydrogen-bond donors (Lipinski definition) is 1. The highest BCUT2D eigenvalue weighted by molar-refractivity contribution is 7.15. The summed E-state index contributed by atoms with van der Waals surface area (Å²) < 4.78 is 5.35. The van der Waals surface area contributed by atoms with Gasteiger partial charge in [0.2, 0.25) is 0 Å². The van der Waals surface area contributed by atoms with Crippen LogP contribution < -0.4 is 5.32 Å². The van der Waals surface area contributed by atoms with Crippen LogP contribution in [0.2, 0.25) is 0 Å². The highest BCUT2D eigenvalue weighted by atomic mass is 32.1. The number of nitrogens with one attached hydrogen (secondary N) is 1. The maximum atomic E-state index is 12.7. The van der Waals surface area contributed by atoms with Crippen LogP contribution in [-0.4, -0.2) is 34.8 Å². The third-order valence-corrected chi connectivity index (χ3v) is 5.15. The Balaban J connectivity index is 1.79. The number of benzene rings is 1. The van der Waals surface area contributed by atoms with E-state index in [0.717, 1.165) is 4.88 Å². The van der Waals surface area contributed by atoms with E-state index in [9.17, 15) is 9.59 Å². The summed E-state index contributed by atoms with van der Waals surface area (Å²) in [6.45, 7) is 7.00. The Morgan fingerprint density at radius 2 is 1.96 bits per heavy atom. The average molecular weight is 383 g/mol. The summed E-state index contributed by atoms with van der Waals surface area (Å²) in [5, 5.41) is 3.49. The largest absolute Gasteiger partial charge is 0.462 e. The number of aryl methyl sites for hydroxylation is 1. The average Bonchev–Trinajstić information content (AvgIpc) is 3.32. The molecule has 0 saturated carbocycles. The minimum Gasteiger partial charge on any atom is -0.462 e. The van der Waals surface area contributed by atoms with Gasteiger partial charge in [-0.3, -0.25) is 9.59 Å². The predicted molar refractivity (Wildman–Crippen MR) is 106 cm³/mol. The first kappa shape index (κ1) is 18.8. The molecule has 140 valence electrons. The molecule has 6 nitrogen and oxygen atoms in total. The molecule has 0 spiro atoms. The highest BCUT2D eigenvalue weighted by Gasteiger charge is 2.18. The Hall–Kier alpha value is -2.93. The zero-order valence-corrected chi connectivity index (χ0v) is 16.3. The van der Waals surface area contributed by atoms with Crippen molar-refractivity contribution in [3.8, 4) is 10.8 Å². The molecule has 0 aliphatic heterocycles. The second kappa shape index (κ2) is 8.18. The van der Waals surface area contributed by atoms with Gasteiger partial charge in [0.15, 0.2) is 10.8 Å². The number of hydrogen-bond acceptors (Lipinski definition) is 5. The topological polar surface area (TPSA) is 75.4 Å². The van der Waals surface area contributed by atoms with Crippen LogP contribution in [0.15, 0.2) is 47.1 Å². The maximum absolute atomic E-state index is 12.7. The van der Waals surface area contributed by atoms with E-state index in [2.05, 4.69) is 10.3 Å². The lowest BCUT2D eigenvalue weighted by atomic mass is 10.1. The van der Waals surface area contributed by atoms with Crippen LogP contribution in [0.25, 0.3) is 10.8 Å². The Morgan fingerprint density at radius 3 is 2.63 bits per heavy atom. The molecular weight excluding hydrogens is 362 g/mol. The van der Waals surface area contributed by atoms with E-state index >= 15 is 0 Å². The van der Waals surface area contributed by atoms with Gasteiger partial charge >= 0.3 is 0 Å². The van der Waals surface area contributed by atoms with Crippen LogP contribution >= 0.6 is 11.3 Å². The van der Waals surface area contributed by atoms with E-state index in [1.807, 2.05) is 26.8 Å². The van der Waals surface area contributed by atoms with Crippen LogP contribution in [-0.2, 0) is 0 Å². The lowest BCUT2D eigenvalue weighted by Gasteiger charge is -2.19. The van der Waals surface area contributed by atoms with Gasteiger partial charge in [-0.15, -0.1) is 11.3 Å². The van der Waals surface area contributed by atoms with Crippen LogP contribution in [0.3, 0.4) is 0 Å². The molecule has 0 saturated heterocycles. The van der Waals surface area contributed by atoms with Crippen LogP contribution in [0.1, 0.15) is 39.6 Å². The first-order valence-electron chi connectivity index (χ1n) is 8.75. The molecule has 2 heterocycles. The quantitative estimate of drug-likeness (QED) is 0.682. The number of rotatable bonds is 6. The van der Waals surface area contributed by atoms with Crippen LogP contribution in [0.4, 0.5) is 5.69 Å². The van der Waals surface area contributed by atoms with Crippen LogP contribution in [0, 0.1) is 6.92 Å². The van der Waals surface area contributed by atoms with E-state index in [-0.39, 0.29) is 11.8 Å². The summed E-state index contributed by atoms with van der Waals surface area (Å²) in [5.74, 6) is 0.268. The van der Waals surface area contributed by atoms with Gasteiger partial charge in [0.1, 0.15) is 5.69 Å². The smallest absolute Gasteiger partial charge is 0.275 e. The Labute approximate surface area is 161 Å². The number of carbonyl (C=O) groups excluding carboxylic acids is 2. The van der Waals surface area contributed by atoms with Gasteiger partial charge in [0.05, 0.1) is 6.26 Å². The number of amides is 2. The third kappa shape index (κ3) is 4.09. The fraction of sp³-hybridized carbons (Fsp3) is 0.250. The molecular formula is C20H21N3O3S. The first-order valence-corrected chi connectivity index (χ1v) is 9.57. The summed E-state index contributed by atoms with van der Waals surface area (Å²) in [6, 6.07) is 10.5. The summed E-state index contributed by atoms with van der Waals surface area (Å²) in [7, 11) is 0. The molecule has 3 aromatic rings. The van der Waals surface area contributed by atoms with Gasteiger partial charge in [0.25, 0.3) is 11.8 Å². The monoisotopic (exact) mass is 383 g/mol. The van der Waals surface area contributed by atoms with Gasteiger partial charge < -0.3 is 14.6 Å². The summed E-state index contributed by atoms with van der Waals surface area (Å²) in [4.78, 5) is 32.1. The molecule has 3 rings (SSSR count). The van der Waals surface area contributed by atoms with Gasteiger partial charge in [-0.2, -0.15) is 0 Å². The predicted octanol–water partition coefficient (Wildman–Crippen LogP) is 4.45. The number of aromatic nitrogens is 1. The van der Waals surface area contributed by atoms with E-state index < -0.39 is 0 Å². The van der Waals surface area contributed by atoms with Crippen molar-refractivity contribution in [2.45, 2.75) is 20.8 Å². The van der Waals surface area contributed by atoms with Crippen molar-refractivity contribution in [3.05, 3.63) is 58.8 Å². The normalized spacial score (nSPS) is 10.6. The number of anilines is 1. The van der Waals surface area contributed by atoms with Crippen molar-refractivity contribution in [2.24, 2.45) is 0 Å². The summed E-state index contributed by atoms with van der Waals surface area (Å²) in [6.07, 6.45) is 1.57. The fourth-order valence-corrected chi connectivity index (χ4v) is 3.61. The number of furan rings is 1. The van der Waals surface area contributed by atoms with Crippen molar-refractivity contribution in [1.29, 1.82) is 0 Å². The molecule has 0 fully saturated rings. The van der Waals surface area contributed by atoms with Crippen molar-refractivity contribution in [3.63, 3.8) is 0 Å². The summed E-state index contributed by atoms with van der Waals surface area (Å²) >= 11 is 1.40.